The molecule has 0 saturated carbocycles. The van der Waals surface area contributed by atoms with Gasteiger partial charge in [0.05, 0.1) is 12.1 Å². The summed E-state index contributed by atoms with van der Waals surface area (Å²) in [5.74, 6) is 0. The van der Waals surface area contributed by atoms with Crippen molar-refractivity contribution in [2.75, 3.05) is 5.32 Å². The van der Waals surface area contributed by atoms with E-state index in [1.165, 1.54) is 16.8 Å². The summed E-state index contributed by atoms with van der Waals surface area (Å²) in [6, 6.07) is 18.9. The van der Waals surface area contributed by atoms with Gasteiger partial charge in [-0.2, -0.15) is 0 Å². The molecule has 3 rings (SSSR count). The normalized spacial score (nSPS) is 18.9. The van der Waals surface area contributed by atoms with E-state index in [1.54, 1.807) is 0 Å². The number of rotatable bonds is 4. The Morgan fingerprint density at radius 3 is 2.65 bits per heavy atom. The molecule has 0 saturated heterocycles. The van der Waals surface area contributed by atoms with Crippen LogP contribution < -0.4 is 5.32 Å². The number of anilines is 1. The second kappa shape index (κ2) is 6.10. The lowest BCUT2D eigenvalue weighted by atomic mass is 9.92. The Hall–Kier alpha value is -1.80. The standard InChI is InChI=1S/C18H21NO/c20-18(13-10-14-6-2-1-3-7-14)17-12-11-15-8-4-5-9-16(15)19-17/h1-9,17-20H,10-13H2. The maximum atomic E-state index is 10.4. The average molecular weight is 267 g/mol. The number of hydrogen-bond acceptors (Lipinski definition) is 2. The molecule has 0 aromatic heterocycles. The van der Waals surface area contributed by atoms with Crippen LogP contribution in [0.5, 0.6) is 0 Å². The average Bonchev–Trinajstić information content (AvgIpc) is 2.53. The molecule has 0 radical (unpaired) electrons. The summed E-state index contributed by atoms with van der Waals surface area (Å²) in [7, 11) is 0. The maximum Gasteiger partial charge on any atom is 0.0744 e. The minimum absolute atomic E-state index is 0.175. The number of hydrogen-bond donors (Lipinski definition) is 2. The van der Waals surface area contributed by atoms with Crippen LogP contribution in [0.15, 0.2) is 54.6 Å². The van der Waals surface area contributed by atoms with Gasteiger partial charge in [0.15, 0.2) is 0 Å². The SMILES string of the molecule is OC(CCc1ccccc1)C1CCc2ccccc2N1. The van der Waals surface area contributed by atoms with Crippen molar-refractivity contribution in [2.45, 2.75) is 37.8 Å². The van der Waals surface area contributed by atoms with Crippen molar-refractivity contribution in [3.63, 3.8) is 0 Å². The van der Waals surface area contributed by atoms with E-state index >= 15 is 0 Å². The number of para-hydroxylation sites is 1. The number of benzene rings is 2. The van der Waals surface area contributed by atoms with Gasteiger partial charge in [0, 0.05) is 5.69 Å². The molecule has 2 nitrogen and oxygen atoms in total. The summed E-state index contributed by atoms with van der Waals surface area (Å²) >= 11 is 0. The molecule has 0 bridgehead atoms. The highest BCUT2D eigenvalue weighted by Crippen LogP contribution is 2.26. The van der Waals surface area contributed by atoms with E-state index in [-0.39, 0.29) is 12.1 Å². The summed E-state index contributed by atoms with van der Waals surface area (Å²) in [5, 5.41) is 13.9. The first-order valence-corrected chi connectivity index (χ1v) is 7.39. The van der Waals surface area contributed by atoms with E-state index in [1.807, 2.05) is 12.1 Å². The monoisotopic (exact) mass is 267 g/mol. The van der Waals surface area contributed by atoms with Crippen LogP contribution in [0.3, 0.4) is 0 Å². The van der Waals surface area contributed by atoms with Gasteiger partial charge in [0.1, 0.15) is 0 Å². The molecule has 0 aliphatic carbocycles. The Kier molecular flexibility index (Phi) is 4.03. The quantitative estimate of drug-likeness (QED) is 0.889. The second-order valence-electron chi connectivity index (χ2n) is 5.54. The lowest BCUT2D eigenvalue weighted by Gasteiger charge is -2.30. The molecule has 0 amide bonds. The predicted molar refractivity (Wildman–Crippen MR) is 82.9 cm³/mol. The molecule has 1 aliphatic rings. The molecule has 20 heavy (non-hydrogen) atoms. The first-order valence-electron chi connectivity index (χ1n) is 7.39. The third-order valence-electron chi connectivity index (χ3n) is 4.12. The molecule has 0 fully saturated rings. The van der Waals surface area contributed by atoms with Gasteiger partial charge >= 0.3 is 0 Å². The van der Waals surface area contributed by atoms with Crippen molar-refractivity contribution in [1.82, 2.24) is 0 Å². The fourth-order valence-corrected chi connectivity index (χ4v) is 2.91. The smallest absolute Gasteiger partial charge is 0.0744 e. The summed E-state index contributed by atoms with van der Waals surface area (Å²) in [5.41, 5.74) is 3.84. The zero-order valence-corrected chi connectivity index (χ0v) is 11.6. The molecular formula is C18H21NO. The molecule has 1 heterocycles. The molecule has 2 aromatic rings. The van der Waals surface area contributed by atoms with Crippen molar-refractivity contribution >= 4 is 5.69 Å². The first kappa shape index (κ1) is 13.2. The third kappa shape index (κ3) is 3.02. The summed E-state index contributed by atoms with van der Waals surface area (Å²) in [4.78, 5) is 0. The van der Waals surface area contributed by atoms with Gasteiger partial charge in [-0.1, -0.05) is 48.5 Å². The van der Waals surface area contributed by atoms with Crippen LogP contribution in [0.25, 0.3) is 0 Å². The lowest BCUT2D eigenvalue weighted by molar-refractivity contribution is 0.137. The highest BCUT2D eigenvalue weighted by Gasteiger charge is 2.23. The summed E-state index contributed by atoms with van der Waals surface area (Å²) in [6.07, 6.45) is 3.51. The summed E-state index contributed by atoms with van der Waals surface area (Å²) < 4.78 is 0. The highest BCUT2D eigenvalue weighted by atomic mass is 16.3. The molecule has 2 unspecified atom stereocenters. The largest absolute Gasteiger partial charge is 0.391 e. The Morgan fingerprint density at radius 1 is 1.05 bits per heavy atom. The van der Waals surface area contributed by atoms with Crippen LogP contribution in [0.1, 0.15) is 24.0 Å². The van der Waals surface area contributed by atoms with Gasteiger partial charge in [-0.3, -0.25) is 0 Å². The molecule has 2 atom stereocenters. The number of aliphatic hydroxyl groups excluding tert-OH is 1. The number of nitrogens with one attached hydrogen (secondary N) is 1. The van der Waals surface area contributed by atoms with Crippen LogP contribution in [-0.4, -0.2) is 17.3 Å². The molecule has 1 aliphatic heterocycles. The van der Waals surface area contributed by atoms with E-state index < -0.39 is 0 Å². The van der Waals surface area contributed by atoms with E-state index in [0.29, 0.717) is 0 Å². The summed E-state index contributed by atoms with van der Waals surface area (Å²) in [6.45, 7) is 0. The van der Waals surface area contributed by atoms with Gasteiger partial charge in [-0.15, -0.1) is 0 Å². The fraction of sp³-hybridized carbons (Fsp3) is 0.333. The Morgan fingerprint density at radius 2 is 1.80 bits per heavy atom. The van der Waals surface area contributed by atoms with Crippen LogP contribution in [-0.2, 0) is 12.8 Å². The first-order chi connectivity index (χ1) is 9.83. The minimum Gasteiger partial charge on any atom is -0.391 e. The Bertz CT molecular complexity index is 552. The third-order valence-corrected chi connectivity index (χ3v) is 4.12. The molecular weight excluding hydrogens is 246 g/mol. The zero-order chi connectivity index (χ0) is 13.8. The van der Waals surface area contributed by atoms with Crippen molar-refractivity contribution in [3.8, 4) is 0 Å². The van der Waals surface area contributed by atoms with E-state index in [0.717, 1.165) is 25.7 Å². The Balaban J connectivity index is 1.58. The molecule has 2 aromatic carbocycles. The van der Waals surface area contributed by atoms with Gasteiger partial charge in [0.25, 0.3) is 0 Å². The molecule has 2 heteroatoms. The topological polar surface area (TPSA) is 32.3 Å². The maximum absolute atomic E-state index is 10.4. The number of aliphatic hydroxyl groups is 1. The van der Waals surface area contributed by atoms with Gasteiger partial charge in [-0.25, -0.2) is 0 Å². The van der Waals surface area contributed by atoms with Gasteiger partial charge < -0.3 is 10.4 Å². The van der Waals surface area contributed by atoms with Crippen molar-refractivity contribution in [3.05, 3.63) is 65.7 Å². The lowest BCUT2D eigenvalue weighted by Crippen LogP contribution is -2.37. The van der Waals surface area contributed by atoms with Gasteiger partial charge in [0.2, 0.25) is 0 Å². The van der Waals surface area contributed by atoms with Crippen LogP contribution in [0.4, 0.5) is 5.69 Å². The number of aryl methyl sites for hydroxylation is 2. The Labute approximate surface area is 120 Å². The second-order valence-corrected chi connectivity index (χ2v) is 5.54. The van der Waals surface area contributed by atoms with Gasteiger partial charge in [-0.05, 0) is 42.9 Å². The zero-order valence-electron chi connectivity index (χ0n) is 11.6. The van der Waals surface area contributed by atoms with Crippen LogP contribution in [0, 0.1) is 0 Å². The van der Waals surface area contributed by atoms with E-state index in [4.69, 9.17) is 0 Å². The van der Waals surface area contributed by atoms with E-state index in [9.17, 15) is 5.11 Å². The van der Waals surface area contributed by atoms with E-state index in [2.05, 4.69) is 47.8 Å². The highest BCUT2D eigenvalue weighted by molar-refractivity contribution is 5.53. The number of fused-ring (bicyclic) bond motifs is 1. The predicted octanol–water partition coefficient (Wildman–Crippen LogP) is 3.41. The van der Waals surface area contributed by atoms with Crippen molar-refractivity contribution in [2.24, 2.45) is 0 Å². The molecule has 104 valence electrons. The van der Waals surface area contributed by atoms with Crippen molar-refractivity contribution in [1.29, 1.82) is 0 Å². The van der Waals surface area contributed by atoms with Crippen molar-refractivity contribution < 1.29 is 5.11 Å². The van der Waals surface area contributed by atoms with Crippen LogP contribution >= 0.6 is 0 Å². The minimum atomic E-state index is -0.288. The van der Waals surface area contributed by atoms with Crippen LogP contribution in [0.2, 0.25) is 0 Å². The molecule has 0 spiro atoms. The fourth-order valence-electron chi connectivity index (χ4n) is 2.91. The molecule has 2 N–H and O–H groups in total.